The lowest BCUT2D eigenvalue weighted by Gasteiger charge is -2.32. The van der Waals surface area contributed by atoms with Gasteiger partial charge in [0.2, 0.25) is 0 Å². The molecule has 2 aromatic rings. The minimum absolute atomic E-state index is 0.176. The van der Waals surface area contributed by atoms with Crippen LogP contribution in [0.15, 0.2) is 48.5 Å². The third kappa shape index (κ3) is 5.50. The molecule has 0 bridgehead atoms. The van der Waals surface area contributed by atoms with Crippen LogP contribution in [0.3, 0.4) is 0 Å². The van der Waals surface area contributed by atoms with E-state index >= 15 is 0 Å². The molecule has 3 rings (SSSR count). The van der Waals surface area contributed by atoms with E-state index in [0.717, 1.165) is 25.0 Å². The van der Waals surface area contributed by atoms with E-state index in [1.54, 1.807) is 38.3 Å². The van der Waals surface area contributed by atoms with Gasteiger partial charge < -0.3 is 19.7 Å². The summed E-state index contributed by atoms with van der Waals surface area (Å²) in [5, 5.41) is 2.87. The first-order chi connectivity index (χ1) is 14.1. The molecule has 154 valence electrons. The maximum atomic E-state index is 12.7. The first kappa shape index (κ1) is 20.7. The molecule has 2 amide bonds. The summed E-state index contributed by atoms with van der Waals surface area (Å²) >= 11 is 0. The summed E-state index contributed by atoms with van der Waals surface area (Å²) in [5.74, 6) is 0.990. The molecule has 1 N–H and O–H groups in total. The van der Waals surface area contributed by atoms with Gasteiger partial charge in [-0.15, -0.1) is 0 Å². The molecule has 0 saturated carbocycles. The molecule has 0 radical (unpaired) electrons. The number of amides is 2. The molecule has 6 nitrogen and oxygen atoms in total. The number of carbonyl (C=O) groups excluding carboxylic acids is 2. The zero-order chi connectivity index (χ0) is 20.6. The number of nitrogens with one attached hydrogen (secondary N) is 1. The van der Waals surface area contributed by atoms with Crippen molar-refractivity contribution in [1.82, 2.24) is 4.90 Å². The summed E-state index contributed by atoms with van der Waals surface area (Å²) in [5.41, 5.74) is 2.14. The molecular formula is C23H28N2O4. The van der Waals surface area contributed by atoms with E-state index in [0.29, 0.717) is 36.9 Å². The lowest BCUT2D eigenvalue weighted by molar-refractivity contribution is 0.0527. The summed E-state index contributed by atoms with van der Waals surface area (Å²) in [4.78, 5) is 26.6. The number of para-hydroxylation sites is 1. The molecule has 2 aromatic carbocycles. The smallest absolute Gasteiger partial charge is 0.340 e. The number of carbonyl (C=O) groups is 2. The Morgan fingerprint density at radius 3 is 2.41 bits per heavy atom. The Morgan fingerprint density at radius 1 is 1.07 bits per heavy atom. The van der Waals surface area contributed by atoms with Crippen LogP contribution >= 0.6 is 0 Å². The summed E-state index contributed by atoms with van der Waals surface area (Å²) in [6.07, 6.45) is 2.92. The van der Waals surface area contributed by atoms with Crippen molar-refractivity contribution in [1.29, 1.82) is 0 Å². The zero-order valence-electron chi connectivity index (χ0n) is 17.0. The summed E-state index contributed by atoms with van der Waals surface area (Å²) < 4.78 is 10.3. The van der Waals surface area contributed by atoms with Crippen molar-refractivity contribution in [2.24, 2.45) is 5.92 Å². The van der Waals surface area contributed by atoms with Crippen LogP contribution < -0.4 is 10.1 Å². The van der Waals surface area contributed by atoms with E-state index in [2.05, 4.69) is 17.4 Å². The Kier molecular flexibility index (Phi) is 7.11. The Bertz CT molecular complexity index is 827. The van der Waals surface area contributed by atoms with Gasteiger partial charge in [-0.2, -0.15) is 0 Å². The van der Waals surface area contributed by atoms with Gasteiger partial charge in [-0.05, 0) is 61.9 Å². The molecule has 1 saturated heterocycles. The van der Waals surface area contributed by atoms with Crippen molar-refractivity contribution in [2.45, 2.75) is 26.2 Å². The molecule has 29 heavy (non-hydrogen) atoms. The van der Waals surface area contributed by atoms with Crippen molar-refractivity contribution in [3.8, 4) is 5.75 Å². The fourth-order valence-corrected chi connectivity index (χ4v) is 3.61. The van der Waals surface area contributed by atoms with Crippen molar-refractivity contribution < 1.29 is 19.1 Å². The Balaban J connectivity index is 1.53. The number of esters is 1. The zero-order valence-corrected chi connectivity index (χ0v) is 17.0. The minimum Gasteiger partial charge on any atom is -0.497 e. The van der Waals surface area contributed by atoms with Gasteiger partial charge in [-0.1, -0.05) is 24.3 Å². The number of ether oxygens (including phenoxy) is 2. The molecule has 0 aliphatic carbocycles. The molecule has 0 aromatic heterocycles. The maximum absolute atomic E-state index is 12.7. The van der Waals surface area contributed by atoms with Gasteiger partial charge in [-0.3, -0.25) is 0 Å². The molecular weight excluding hydrogens is 368 g/mol. The quantitative estimate of drug-likeness (QED) is 0.737. The van der Waals surface area contributed by atoms with Crippen LogP contribution in [0.2, 0.25) is 0 Å². The van der Waals surface area contributed by atoms with Gasteiger partial charge >= 0.3 is 12.0 Å². The van der Waals surface area contributed by atoms with Crippen LogP contribution in [0.5, 0.6) is 5.75 Å². The average molecular weight is 396 g/mol. The van der Waals surface area contributed by atoms with Crippen LogP contribution in [0.1, 0.15) is 35.7 Å². The fraction of sp³-hybridized carbons (Fsp3) is 0.391. The van der Waals surface area contributed by atoms with E-state index in [-0.39, 0.29) is 6.03 Å². The molecule has 1 fully saturated rings. The average Bonchev–Trinajstić information content (AvgIpc) is 2.75. The van der Waals surface area contributed by atoms with Gasteiger partial charge in [0.15, 0.2) is 0 Å². The van der Waals surface area contributed by atoms with Gasteiger partial charge in [0.05, 0.1) is 25.0 Å². The predicted molar refractivity (Wildman–Crippen MR) is 112 cm³/mol. The Hall–Kier alpha value is -3.02. The molecule has 6 heteroatoms. The van der Waals surface area contributed by atoms with E-state index in [1.165, 1.54) is 5.56 Å². The second-order valence-corrected chi connectivity index (χ2v) is 7.18. The van der Waals surface area contributed by atoms with Gasteiger partial charge in [0, 0.05) is 13.1 Å². The number of piperidine rings is 1. The highest BCUT2D eigenvalue weighted by Gasteiger charge is 2.24. The van der Waals surface area contributed by atoms with Gasteiger partial charge in [0.25, 0.3) is 0 Å². The van der Waals surface area contributed by atoms with Crippen LogP contribution in [0, 0.1) is 5.92 Å². The summed E-state index contributed by atoms with van der Waals surface area (Å²) in [6, 6.07) is 14.9. The van der Waals surface area contributed by atoms with E-state index in [9.17, 15) is 9.59 Å². The Morgan fingerprint density at radius 2 is 1.76 bits per heavy atom. The number of benzene rings is 2. The lowest BCUT2D eigenvalue weighted by atomic mass is 9.90. The first-order valence-electron chi connectivity index (χ1n) is 10.1. The highest BCUT2D eigenvalue weighted by molar-refractivity contribution is 6.00. The van der Waals surface area contributed by atoms with E-state index < -0.39 is 5.97 Å². The number of urea groups is 1. The normalized spacial score (nSPS) is 14.3. The Labute approximate surface area is 171 Å². The van der Waals surface area contributed by atoms with Crippen LogP contribution in [-0.2, 0) is 11.2 Å². The molecule has 0 spiro atoms. The van der Waals surface area contributed by atoms with Crippen molar-refractivity contribution in [2.75, 3.05) is 32.1 Å². The van der Waals surface area contributed by atoms with Crippen LogP contribution in [0.25, 0.3) is 0 Å². The number of likely N-dealkylation sites (tertiary alicyclic amines) is 1. The van der Waals surface area contributed by atoms with Crippen molar-refractivity contribution in [3.63, 3.8) is 0 Å². The van der Waals surface area contributed by atoms with Gasteiger partial charge in [-0.25, -0.2) is 9.59 Å². The minimum atomic E-state index is -0.429. The number of methoxy groups -OCH3 is 1. The van der Waals surface area contributed by atoms with Crippen molar-refractivity contribution >= 4 is 17.7 Å². The number of anilines is 1. The second kappa shape index (κ2) is 9.96. The molecule has 1 heterocycles. The SMILES string of the molecule is CCOC(=O)c1ccccc1NC(=O)N1CCC(Cc2ccc(OC)cc2)CC1. The highest BCUT2D eigenvalue weighted by Crippen LogP contribution is 2.24. The van der Waals surface area contributed by atoms with E-state index in [1.807, 2.05) is 17.0 Å². The molecule has 0 unspecified atom stereocenters. The highest BCUT2D eigenvalue weighted by atomic mass is 16.5. The monoisotopic (exact) mass is 396 g/mol. The number of nitrogens with zero attached hydrogens (tertiary/aromatic N) is 1. The number of hydrogen-bond acceptors (Lipinski definition) is 4. The number of hydrogen-bond donors (Lipinski definition) is 1. The molecule has 1 aliphatic heterocycles. The first-order valence-corrected chi connectivity index (χ1v) is 10.1. The molecule has 0 atom stereocenters. The van der Waals surface area contributed by atoms with Crippen molar-refractivity contribution in [3.05, 3.63) is 59.7 Å². The summed E-state index contributed by atoms with van der Waals surface area (Å²) in [6.45, 7) is 3.46. The van der Waals surface area contributed by atoms with Crippen LogP contribution in [0.4, 0.5) is 10.5 Å². The standard InChI is InChI=1S/C23H28N2O4/c1-3-29-22(26)20-6-4-5-7-21(20)24-23(27)25-14-12-18(13-15-25)16-17-8-10-19(28-2)11-9-17/h4-11,18H,3,12-16H2,1-2H3,(H,24,27). The second-order valence-electron chi connectivity index (χ2n) is 7.18. The topological polar surface area (TPSA) is 67.9 Å². The number of rotatable bonds is 6. The summed E-state index contributed by atoms with van der Waals surface area (Å²) in [7, 11) is 1.67. The lowest BCUT2D eigenvalue weighted by Crippen LogP contribution is -2.41. The molecule has 1 aliphatic rings. The third-order valence-electron chi connectivity index (χ3n) is 5.25. The maximum Gasteiger partial charge on any atom is 0.340 e. The van der Waals surface area contributed by atoms with E-state index in [4.69, 9.17) is 9.47 Å². The fourth-order valence-electron chi connectivity index (χ4n) is 3.61. The van der Waals surface area contributed by atoms with Gasteiger partial charge in [0.1, 0.15) is 5.75 Å². The van der Waals surface area contributed by atoms with Crippen LogP contribution in [-0.4, -0.2) is 43.7 Å². The third-order valence-corrected chi connectivity index (χ3v) is 5.25. The predicted octanol–water partition coefficient (Wildman–Crippen LogP) is 4.36. The largest absolute Gasteiger partial charge is 0.497 e.